The Balaban J connectivity index is 1.39. The monoisotopic (exact) mass is 654 g/mol. The lowest BCUT2D eigenvalue weighted by Crippen LogP contribution is -2.46. The van der Waals surface area contributed by atoms with Crippen LogP contribution in [0.4, 0.5) is 5.82 Å². The molecular weight excluding hydrogens is 635 g/mol. The summed E-state index contributed by atoms with van der Waals surface area (Å²) in [4.78, 5) is 52.5. The molecule has 11 nitrogen and oxygen atoms in total. The summed E-state index contributed by atoms with van der Waals surface area (Å²) in [6.45, 7) is -0.189. The number of nitrogens with zero attached hydrogens (tertiary/aromatic N) is 6. The van der Waals surface area contributed by atoms with Gasteiger partial charge in [-0.1, -0.05) is 46.2 Å². The Hall–Kier alpha value is -4.09. The van der Waals surface area contributed by atoms with Crippen LogP contribution in [0.25, 0.3) is 10.9 Å². The number of carbonyl (C=O) groups is 3. The predicted molar refractivity (Wildman–Crippen MR) is 152 cm³/mol. The fraction of sp³-hybridized carbons (Fsp3) is 0.192. The van der Waals surface area contributed by atoms with Crippen molar-refractivity contribution in [3.05, 3.63) is 77.1 Å². The second-order valence-corrected chi connectivity index (χ2v) is 10.4. The van der Waals surface area contributed by atoms with E-state index in [-0.39, 0.29) is 33.3 Å². The molecule has 2 atom stereocenters. The Labute approximate surface area is 241 Å². The van der Waals surface area contributed by atoms with Gasteiger partial charge in [0.25, 0.3) is 5.91 Å². The van der Waals surface area contributed by atoms with Crippen LogP contribution < -0.4 is 11.1 Å². The molecule has 4 aromatic rings. The van der Waals surface area contributed by atoms with Gasteiger partial charge < -0.3 is 16.0 Å². The van der Waals surface area contributed by atoms with Gasteiger partial charge in [0, 0.05) is 23.3 Å². The van der Waals surface area contributed by atoms with Crippen LogP contribution in [-0.4, -0.2) is 57.4 Å². The van der Waals surface area contributed by atoms with Gasteiger partial charge in [-0.2, -0.15) is 5.10 Å². The van der Waals surface area contributed by atoms with E-state index < -0.39 is 11.9 Å². The molecule has 0 unspecified atom stereocenters. The topological polar surface area (TPSA) is 149 Å². The standard InChI is InChI=1S/C26H20ClIN8O3/c27-19-3-1-4-22(32-19)33-26(39)18-8-9-20(28)36(18)23(37)14-35-17-7-5-15(6-10-21-30-11-2-12-31-21)13-16(17)24(34-35)25(29)38/h1-5,7,11-13,18,20H,8-9,14H2,(H2,29,38)(H,32,33,39)/t18-,20-/m0/s1. The summed E-state index contributed by atoms with van der Waals surface area (Å²) >= 11 is 8.07. The smallest absolute Gasteiger partial charge is 0.269 e. The van der Waals surface area contributed by atoms with Crippen LogP contribution in [0.5, 0.6) is 0 Å². The maximum atomic E-state index is 13.5. The van der Waals surface area contributed by atoms with E-state index >= 15 is 0 Å². The van der Waals surface area contributed by atoms with Crippen molar-refractivity contribution in [1.82, 2.24) is 29.6 Å². The molecule has 5 rings (SSSR count). The molecule has 0 spiro atoms. The predicted octanol–water partition coefficient (Wildman–Crippen LogP) is 2.76. The number of rotatable bonds is 5. The molecule has 13 heteroatoms. The van der Waals surface area contributed by atoms with Gasteiger partial charge in [-0.15, -0.1) is 0 Å². The minimum absolute atomic E-state index is 0.0196. The number of amides is 3. The quantitative estimate of drug-likeness (QED) is 0.111. The zero-order valence-electron chi connectivity index (χ0n) is 20.2. The third-order valence-corrected chi connectivity index (χ3v) is 7.46. The van der Waals surface area contributed by atoms with E-state index in [9.17, 15) is 14.4 Å². The van der Waals surface area contributed by atoms with Gasteiger partial charge in [-0.25, -0.2) is 15.0 Å². The van der Waals surface area contributed by atoms with Gasteiger partial charge in [-0.05, 0) is 55.2 Å². The molecule has 0 bridgehead atoms. The van der Waals surface area contributed by atoms with Crippen molar-refractivity contribution in [3.8, 4) is 11.8 Å². The third kappa shape index (κ3) is 5.84. The Morgan fingerprint density at radius 3 is 2.64 bits per heavy atom. The number of hydrogen-bond donors (Lipinski definition) is 2. The molecule has 1 fully saturated rings. The average molecular weight is 655 g/mol. The lowest BCUT2D eigenvalue weighted by Gasteiger charge is -2.27. The highest BCUT2D eigenvalue weighted by Gasteiger charge is 2.40. The number of nitrogens with two attached hydrogens (primary N) is 1. The molecule has 3 amide bonds. The Morgan fingerprint density at radius 2 is 1.90 bits per heavy atom. The summed E-state index contributed by atoms with van der Waals surface area (Å²) < 4.78 is 1.22. The van der Waals surface area contributed by atoms with Gasteiger partial charge >= 0.3 is 0 Å². The van der Waals surface area contributed by atoms with Crippen LogP contribution in [0.1, 0.15) is 34.7 Å². The number of likely N-dealkylation sites (tertiary alicyclic amines) is 1. The van der Waals surface area contributed by atoms with E-state index in [4.69, 9.17) is 17.3 Å². The summed E-state index contributed by atoms with van der Waals surface area (Å²) in [5.41, 5.74) is 6.75. The second-order valence-electron chi connectivity index (χ2n) is 8.59. The van der Waals surface area contributed by atoms with Crippen LogP contribution in [0.15, 0.2) is 54.9 Å². The minimum Gasteiger partial charge on any atom is -0.364 e. The van der Waals surface area contributed by atoms with E-state index in [1.807, 2.05) is 0 Å². The van der Waals surface area contributed by atoms with Crippen molar-refractivity contribution in [2.75, 3.05) is 5.32 Å². The first-order chi connectivity index (χ1) is 18.8. The zero-order valence-corrected chi connectivity index (χ0v) is 23.1. The highest BCUT2D eigenvalue weighted by molar-refractivity contribution is 14.1. The molecular formula is C26H20ClIN8O3. The van der Waals surface area contributed by atoms with Crippen LogP contribution in [-0.2, 0) is 16.1 Å². The van der Waals surface area contributed by atoms with E-state index in [1.54, 1.807) is 54.9 Å². The summed E-state index contributed by atoms with van der Waals surface area (Å²) in [6, 6.07) is 11.1. The molecule has 196 valence electrons. The van der Waals surface area contributed by atoms with Crippen LogP contribution in [0, 0.1) is 11.8 Å². The second kappa shape index (κ2) is 11.3. The fourth-order valence-corrected chi connectivity index (χ4v) is 5.53. The molecule has 4 heterocycles. The number of aromatic nitrogens is 5. The number of carbonyl (C=O) groups excluding carboxylic acids is 3. The molecule has 0 radical (unpaired) electrons. The molecule has 1 saturated heterocycles. The lowest BCUT2D eigenvalue weighted by atomic mass is 10.1. The Kier molecular flexibility index (Phi) is 7.71. The number of halogens is 2. The Bertz CT molecular complexity index is 1650. The number of benzene rings is 1. The summed E-state index contributed by atoms with van der Waals surface area (Å²) in [5.74, 6) is 5.08. The number of nitrogens with one attached hydrogen (secondary N) is 1. The van der Waals surface area contributed by atoms with Crippen LogP contribution >= 0.6 is 34.2 Å². The minimum atomic E-state index is -0.734. The van der Waals surface area contributed by atoms with Crippen LogP contribution in [0.3, 0.4) is 0 Å². The SMILES string of the molecule is NC(=O)c1nn(CC(=O)N2[C@H](I)CC[C@H]2C(=O)Nc2cccc(Cl)n2)c2ccc(C#Cc3ncccn3)cc12. The highest BCUT2D eigenvalue weighted by atomic mass is 127. The van der Waals surface area contributed by atoms with Crippen LogP contribution in [0.2, 0.25) is 5.15 Å². The summed E-state index contributed by atoms with van der Waals surface area (Å²) in [6.07, 6.45) is 4.32. The number of hydrogen-bond acceptors (Lipinski definition) is 7. The maximum Gasteiger partial charge on any atom is 0.269 e. The van der Waals surface area contributed by atoms with Crippen molar-refractivity contribution in [2.45, 2.75) is 29.5 Å². The van der Waals surface area contributed by atoms with Crippen molar-refractivity contribution >= 4 is 68.6 Å². The van der Waals surface area contributed by atoms with E-state index in [2.05, 4.69) is 59.8 Å². The zero-order chi connectivity index (χ0) is 27.5. The maximum absolute atomic E-state index is 13.5. The van der Waals surface area contributed by atoms with E-state index in [1.165, 1.54) is 9.58 Å². The summed E-state index contributed by atoms with van der Waals surface area (Å²) in [7, 11) is 0. The van der Waals surface area contributed by atoms with E-state index in [0.717, 1.165) is 0 Å². The number of alkyl halides is 1. The van der Waals surface area contributed by atoms with Crippen molar-refractivity contribution in [1.29, 1.82) is 0 Å². The molecule has 39 heavy (non-hydrogen) atoms. The summed E-state index contributed by atoms with van der Waals surface area (Å²) in [5, 5.41) is 7.77. The molecule has 3 aromatic heterocycles. The number of fused-ring (bicyclic) bond motifs is 1. The normalized spacial score (nSPS) is 16.5. The fourth-order valence-electron chi connectivity index (χ4n) is 4.30. The molecule has 1 aliphatic rings. The van der Waals surface area contributed by atoms with Crippen molar-refractivity contribution in [3.63, 3.8) is 0 Å². The molecule has 3 N–H and O–H groups in total. The highest BCUT2D eigenvalue weighted by Crippen LogP contribution is 2.30. The van der Waals surface area contributed by atoms with Gasteiger partial charge in [-0.3, -0.25) is 19.1 Å². The average Bonchev–Trinajstić information content (AvgIpc) is 3.48. The number of anilines is 1. The van der Waals surface area contributed by atoms with Crippen molar-refractivity contribution in [2.24, 2.45) is 5.73 Å². The third-order valence-electron chi connectivity index (χ3n) is 6.03. The van der Waals surface area contributed by atoms with Gasteiger partial charge in [0.15, 0.2) is 5.69 Å². The largest absolute Gasteiger partial charge is 0.364 e. The molecule has 0 aliphatic carbocycles. The van der Waals surface area contributed by atoms with Crippen molar-refractivity contribution < 1.29 is 14.4 Å². The first kappa shape index (κ1) is 26.5. The molecule has 0 saturated carbocycles. The molecule has 1 aromatic carbocycles. The lowest BCUT2D eigenvalue weighted by molar-refractivity contribution is -0.137. The number of pyridine rings is 1. The van der Waals surface area contributed by atoms with E-state index in [0.29, 0.717) is 41.0 Å². The first-order valence-corrected chi connectivity index (χ1v) is 13.4. The van der Waals surface area contributed by atoms with Gasteiger partial charge in [0.2, 0.25) is 17.6 Å². The molecule has 1 aliphatic heterocycles. The van der Waals surface area contributed by atoms with Gasteiger partial charge in [0.05, 0.1) is 9.57 Å². The first-order valence-electron chi connectivity index (χ1n) is 11.8. The number of primary amides is 1. The van der Waals surface area contributed by atoms with Gasteiger partial charge in [0.1, 0.15) is 23.6 Å². The Morgan fingerprint density at radius 1 is 1.10 bits per heavy atom.